The second kappa shape index (κ2) is 5.79. The topological polar surface area (TPSA) is 105 Å². The lowest BCUT2D eigenvalue weighted by molar-refractivity contribution is -0.125. The molecule has 4 N–H and O–H groups in total. The number of nitrogens with zero attached hydrogens (tertiary/aromatic N) is 1. The van der Waals surface area contributed by atoms with Crippen molar-refractivity contribution in [1.82, 2.24) is 10.3 Å². The number of aromatic nitrogens is 1. The number of carbonyl (C=O) groups excluding carboxylic acids is 1. The fourth-order valence-electron chi connectivity index (χ4n) is 2.33. The van der Waals surface area contributed by atoms with Gasteiger partial charge in [0.25, 0.3) is 0 Å². The minimum Gasteiger partial charge on any atom is -0.478 e. The van der Waals surface area contributed by atoms with Gasteiger partial charge in [-0.1, -0.05) is 6.42 Å². The Bertz CT molecular complexity index is 490. The molecule has 1 saturated carbocycles. The quantitative estimate of drug-likeness (QED) is 0.734. The molecule has 0 aliphatic heterocycles. The van der Waals surface area contributed by atoms with Crippen molar-refractivity contribution in [2.24, 2.45) is 11.7 Å². The number of nitrogens with two attached hydrogens (primary N) is 1. The number of hydrogen-bond donors (Lipinski definition) is 3. The van der Waals surface area contributed by atoms with E-state index in [0.29, 0.717) is 5.69 Å². The lowest BCUT2D eigenvalue weighted by Gasteiger charge is -2.14. The second-order valence-electron chi connectivity index (χ2n) is 4.76. The van der Waals surface area contributed by atoms with Gasteiger partial charge in [0.2, 0.25) is 5.91 Å². The van der Waals surface area contributed by atoms with Gasteiger partial charge in [0.15, 0.2) is 0 Å². The molecule has 0 aromatic carbocycles. The van der Waals surface area contributed by atoms with Crippen LogP contribution < -0.4 is 11.1 Å². The molecule has 1 fully saturated rings. The average molecular weight is 263 g/mol. The zero-order valence-electron chi connectivity index (χ0n) is 10.5. The Morgan fingerprint density at radius 1 is 1.47 bits per heavy atom. The highest BCUT2D eigenvalue weighted by Crippen LogP contribution is 2.23. The average Bonchev–Trinajstić information content (AvgIpc) is 2.82. The smallest absolute Gasteiger partial charge is 0.335 e. The van der Waals surface area contributed by atoms with Crippen LogP contribution in [0, 0.1) is 5.92 Å². The zero-order valence-corrected chi connectivity index (χ0v) is 10.5. The lowest BCUT2D eigenvalue weighted by Crippen LogP contribution is -2.38. The molecule has 19 heavy (non-hydrogen) atoms. The van der Waals surface area contributed by atoms with E-state index in [4.69, 9.17) is 10.8 Å². The number of nitrogens with one attached hydrogen (secondary N) is 1. The maximum atomic E-state index is 11.9. The van der Waals surface area contributed by atoms with Gasteiger partial charge in [-0.3, -0.25) is 9.78 Å². The summed E-state index contributed by atoms with van der Waals surface area (Å²) in [6.07, 6.45) is 4.10. The van der Waals surface area contributed by atoms with Crippen LogP contribution >= 0.6 is 0 Å². The van der Waals surface area contributed by atoms with Crippen molar-refractivity contribution in [2.45, 2.75) is 31.8 Å². The van der Waals surface area contributed by atoms with Gasteiger partial charge in [-0.25, -0.2) is 4.79 Å². The molecule has 1 aliphatic carbocycles. The molecule has 1 aliphatic rings. The number of carboxylic acids is 1. The van der Waals surface area contributed by atoms with Crippen LogP contribution in [0.5, 0.6) is 0 Å². The fraction of sp³-hybridized carbons (Fsp3) is 0.462. The summed E-state index contributed by atoms with van der Waals surface area (Å²) in [6.45, 7) is 0.225. The molecule has 0 radical (unpaired) electrons. The normalized spacial score (nSPS) is 22.2. The molecular formula is C13H17N3O3. The van der Waals surface area contributed by atoms with E-state index in [0.717, 1.165) is 19.3 Å². The van der Waals surface area contributed by atoms with E-state index in [1.807, 2.05) is 0 Å². The van der Waals surface area contributed by atoms with Gasteiger partial charge in [-0.05, 0) is 25.0 Å². The van der Waals surface area contributed by atoms with Crippen molar-refractivity contribution >= 4 is 11.9 Å². The first-order chi connectivity index (χ1) is 9.08. The van der Waals surface area contributed by atoms with E-state index in [1.165, 1.54) is 18.3 Å². The Morgan fingerprint density at radius 2 is 2.26 bits per heavy atom. The highest BCUT2D eigenvalue weighted by molar-refractivity contribution is 5.87. The summed E-state index contributed by atoms with van der Waals surface area (Å²) in [4.78, 5) is 26.8. The van der Waals surface area contributed by atoms with E-state index in [9.17, 15) is 9.59 Å². The Kier molecular flexibility index (Phi) is 4.11. The van der Waals surface area contributed by atoms with Crippen molar-refractivity contribution in [2.75, 3.05) is 0 Å². The SMILES string of the molecule is NC1CCCC1C(=O)NCc1cc(C(=O)O)ccn1. The van der Waals surface area contributed by atoms with Gasteiger partial charge in [0.1, 0.15) is 0 Å². The van der Waals surface area contributed by atoms with Gasteiger partial charge in [-0.15, -0.1) is 0 Å². The summed E-state index contributed by atoms with van der Waals surface area (Å²) in [5.74, 6) is -1.22. The van der Waals surface area contributed by atoms with E-state index in [2.05, 4.69) is 10.3 Å². The van der Waals surface area contributed by atoms with Gasteiger partial charge in [-0.2, -0.15) is 0 Å². The molecule has 2 unspecified atom stereocenters. The van der Waals surface area contributed by atoms with Crippen molar-refractivity contribution in [3.8, 4) is 0 Å². The molecule has 0 bridgehead atoms. The number of carboxylic acid groups (broad SMARTS) is 1. The molecule has 1 aromatic heterocycles. The molecule has 1 amide bonds. The minimum absolute atomic E-state index is 0.0710. The second-order valence-corrected chi connectivity index (χ2v) is 4.76. The van der Waals surface area contributed by atoms with Crippen molar-refractivity contribution < 1.29 is 14.7 Å². The molecule has 6 nitrogen and oxygen atoms in total. The monoisotopic (exact) mass is 263 g/mol. The molecule has 1 aromatic rings. The predicted molar refractivity (Wildman–Crippen MR) is 68.4 cm³/mol. The number of hydrogen-bond acceptors (Lipinski definition) is 4. The Morgan fingerprint density at radius 3 is 2.89 bits per heavy atom. The molecule has 2 rings (SSSR count). The van der Waals surface area contributed by atoms with Crippen LogP contribution in [0.25, 0.3) is 0 Å². The molecule has 102 valence electrons. The predicted octanol–water partition coefficient (Wildman–Crippen LogP) is 0.523. The highest BCUT2D eigenvalue weighted by atomic mass is 16.4. The molecule has 0 spiro atoms. The van der Waals surface area contributed by atoms with Gasteiger partial charge >= 0.3 is 5.97 Å². The Balaban J connectivity index is 1.93. The maximum Gasteiger partial charge on any atom is 0.335 e. The fourth-order valence-corrected chi connectivity index (χ4v) is 2.33. The number of carbonyl (C=O) groups is 2. The number of rotatable bonds is 4. The number of amides is 1. The Hall–Kier alpha value is -1.95. The van der Waals surface area contributed by atoms with Crippen LogP contribution in [-0.2, 0) is 11.3 Å². The lowest BCUT2D eigenvalue weighted by atomic mass is 10.0. The maximum absolute atomic E-state index is 11.9. The van der Waals surface area contributed by atoms with Crippen LogP contribution in [0.3, 0.4) is 0 Å². The zero-order chi connectivity index (χ0) is 13.8. The molecule has 0 saturated heterocycles. The van der Waals surface area contributed by atoms with Crippen LogP contribution in [0.1, 0.15) is 35.3 Å². The van der Waals surface area contributed by atoms with Crippen LogP contribution in [0.4, 0.5) is 0 Å². The molecule has 2 atom stereocenters. The van der Waals surface area contributed by atoms with E-state index in [-0.39, 0.29) is 30.0 Å². The third kappa shape index (κ3) is 3.29. The molecule has 1 heterocycles. The van der Waals surface area contributed by atoms with E-state index in [1.54, 1.807) is 0 Å². The first kappa shape index (κ1) is 13.5. The Labute approximate surface area is 111 Å². The third-order valence-electron chi connectivity index (χ3n) is 3.41. The summed E-state index contributed by atoms with van der Waals surface area (Å²) in [6, 6.07) is 2.80. The van der Waals surface area contributed by atoms with Gasteiger partial charge in [0.05, 0.1) is 23.7 Å². The first-order valence-corrected chi connectivity index (χ1v) is 6.29. The number of aromatic carboxylic acids is 1. The summed E-state index contributed by atoms with van der Waals surface area (Å²) in [5, 5.41) is 11.6. The first-order valence-electron chi connectivity index (χ1n) is 6.29. The molecular weight excluding hydrogens is 246 g/mol. The van der Waals surface area contributed by atoms with Crippen LogP contribution in [0.15, 0.2) is 18.3 Å². The van der Waals surface area contributed by atoms with Crippen LogP contribution in [0.2, 0.25) is 0 Å². The van der Waals surface area contributed by atoms with Crippen LogP contribution in [-0.4, -0.2) is 28.0 Å². The van der Waals surface area contributed by atoms with E-state index < -0.39 is 5.97 Å². The van der Waals surface area contributed by atoms with Gasteiger partial charge < -0.3 is 16.2 Å². The minimum atomic E-state index is -1.01. The summed E-state index contributed by atoms with van der Waals surface area (Å²) in [7, 11) is 0. The van der Waals surface area contributed by atoms with Crippen molar-refractivity contribution in [1.29, 1.82) is 0 Å². The molecule has 6 heteroatoms. The summed E-state index contributed by atoms with van der Waals surface area (Å²) in [5.41, 5.74) is 6.55. The largest absolute Gasteiger partial charge is 0.478 e. The standard InChI is InChI=1S/C13H17N3O3/c14-11-3-1-2-10(11)12(17)16-7-9-6-8(13(18)19)4-5-15-9/h4-6,10-11H,1-3,7,14H2,(H,16,17)(H,18,19). The van der Waals surface area contributed by atoms with Crippen molar-refractivity contribution in [3.63, 3.8) is 0 Å². The van der Waals surface area contributed by atoms with Crippen molar-refractivity contribution in [3.05, 3.63) is 29.6 Å². The summed E-state index contributed by atoms with van der Waals surface area (Å²) < 4.78 is 0. The summed E-state index contributed by atoms with van der Waals surface area (Å²) >= 11 is 0. The van der Waals surface area contributed by atoms with E-state index >= 15 is 0 Å². The highest BCUT2D eigenvalue weighted by Gasteiger charge is 2.29. The third-order valence-corrected chi connectivity index (χ3v) is 3.41. The van der Waals surface area contributed by atoms with Gasteiger partial charge in [0, 0.05) is 12.2 Å². The number of pyridine rings is 1.